The van der Waals surface area contributed by atoms with Gasteiger partial charge in [0.15, 0.2) is 0 Å². The number of carbonyl (C=O) groups is 1. The smallest absolute Gasteiger partial charge is 0.244 e. The number of hydrogen-bond donors (Lipinski definition) is 2. The minimum absolute atomic E-state index is 0. The molecule has 1 aliphatic rings. The number of amides is 1. The number of carbonyl (C=O) groups excluding carboxylic acids is 1. The van der Waals surface area contributed by atoms with Crippen LogP contribution in [-0.4, -0.2) is 12.5 Å². The summed E-state index contributed by atoms with van der Waals surface area (Å²) in [6.07, 6.45) is 3.69. The molecule has 5 heteroatoms. The van der Waals surface area contributed by atoms with Gasteiger partial charge in [0.2, 0.25) is 5.91 Å². The lowest BCUT2D eigenvalue weighted by Crippen LogP contribution is -2.49. The van der Waals surface area contributed by atoms with E-state index in [1.807, 2.05) is 24.3 Å². The van der Waals surface area contributed by atoms with Gasteiger partial charge in [0, 0.05) is 11.0 Å². The summed E-state index contributed by atoms with van der Waals surface area (Å²) in [6.45, 7) is 2.48. The summed E-state index contributed by atoms with van der Waals surface area (Å²) in [4.78, 5) is 12.1. The van der Waals surface area contributed by atoms with Crippen molar-refractivity contribution in [1.29, 1.82) is 0 Å². The minimum Gasteiger partial charge on any atom is -0.354 e. The molecule has 0 aliphatic heterocycles. The van der Waals surface area contributed by atoms with Crippen molar-refractivity contribution in [2.75, 3.05) is 6.54 Å². The lowest BCUT2D eigenvalue weighted by Gasteiger charge is -2.24. The highest BCUT2D eigenvalue weighted by Crippen LogP contribution is 2.31. The van der Waals surface area contributed by atoms with Gasteiger partial charge in [0.05, 0.1) is 0 Å². The van der Waals surface area contributed by atoms with Crippen molar-refractivity contribution in [3.63, 3.8) is 0 Å². The van der Waals surface area contributed by atoms with E-state index in [2.05, 4.69) is 21.2 Å². The molecule has 0 bridgehead atoms. The Kier molecular flexibility index (Phi) is 5.83. The highest BCUT2D eigenvalue weighted by Gasteiger charge is 2.30. The zero-order valence-electron chi connectivity index (χ0n) is 11.0. The van der Waals surface area contributed by atoms with Gasteiger partial charge in [-0.2, -0.15) is 0 Å². The molecule has 1 aromatic rings. The molecule has 1 atom stereocenters. The molecule has 2 rings (SSSR count). The van der Waals surface area contributed by atoms with Crippen molar-refractivity contribution in [3.8, 4) is 0 Å². The van der Waals surface area contributed by atoms with Gasteiger partial charge >= 0.3 is 0 Å². The summed E-state index contributed by atoms with van der Waals surface area (Å²) < 4.78 is 0.983. The van der Waals surface area contributed by atoms with Gasteiger partial charge in [0.1, 0.15) is 5.54 Å². The fourth-order valence-electron chi connectivity index (χ4n) is 1.91. The lowest BCUT2D eigenvalue weighted by atomic mass is 9.92. The third-order valence-electron chi connectivity index (χ3n) is 3.45. The van der Waals surface area contributed by atoms with Crippen LogP contribution in [0.5, 0.6) is 0 Å². The zero-order valence-corrected chi connectivity index (χ0v) is 13.4. The molecule has 1 unspecified atom stereocenters. The van der Waals surface area contributed by atoms with E-state index in [-0.39, 0.29) is 18.3 Å². The Hall–Kier alpha value is -0.580. The maximum absolute atomic E-state index is 12.1. The van der Waals surface area contributed by atoms with E-state index in [1.54, 1.807) is 6.92 Å². The second-order valence-corrected chi connectivity index (χ2v) is 6.11. The third kappa shape index (κ3) is 4.48. The van der Waals surface area contributed by atoms with Crippen LogP contribution in [0.25, 0.3) is 0 Å². The van der Waals surface area contributed by atoms with Crippen molar-refractivity contribution >= 4 is 34.2 Å². The van der Waals surface area contributed by atoms with E-state index >= 15 is 0 Å². The molecule has 0 radical (unpaired) electrons. The summed E-state index contributed by atoms with van der Waals surface area (Å²) in [5.41, 5.74) is 6.00. The lowest BCUT2D eigenvalue weighted by molar-refractivity contribution is -0.126. The maximum Gasteiger partial charge on any atom is 0.244 e. The Labute approximate surface area is 128 Å². The van der Waals surface area contributed by atoms with Crippen LogP contribution in [0.2, 0.25) is 0 Å². The van der Waals surface area contributed by atoms with E-state index < -0.39 is 5.54 Å². The fraction of sp³-hybridized carbons (Fsp3) is 0.500. The first-order valence-electron chi connectivity index (χ1n) is 6.33. The topological polar surface area (TPSA) is 55.1 Å². The average molecular weight is 348 g/mol. The second kappa shape index (κ2) is 6.73. The van der Waals surface area contributed by atoms with Crippen LogP contribution in [0, 0.1) is 5.92 Å². The Balaban J connectivity index is 0.00000180. The molecule has 0 heterocycles. The van der Waals surface area contributed by atoms with Crippen LogP contribution >= 0.6 is 28.3 Å². The number of hydrogen-bond acceptors (Lipinski definition) is 2. The standard InChI is InChI=1S/C14H19BrN2O.ClH/c1-14(16,11-4-6-12(15)7-5-11)13(18)17-9-8-10-2-3-10;/h4-7,10H,2-3,8-9,16H2,1H3,(H,17,18);1H. The molecule has 0 saturated heterocycles. The molecule has 1 fully saturated rings. The van der Waals surface area contributed by atoms with E-state index in [4.69, 9.17) is 5.73 Å². The number of nitrogens with one attached hydrogen (secondary N) is 1. The van der Waals surface area contributed by atoms with E-state index in [0.717, 1.165) is 28.9 Å². The van der Waals surface area contributed by atoms with Crippen LogP contribution in [0.1, 0.15) is 31.7 Å². The van der Waals surface area contributed by atoms with Crippen LogP contribution in [0.4, 0.5) is 0 Å². The van der Waals surface area contributed by atoms with Gasteiger partial charge in [-0.05, 0) is 37.0 Å². The molecule has 1 aromatic carbocycles. The summed E-state index contributed by atoms with van der Waals surface area (Å²) in [5, 5.41) is 2.93. The first kappa shape index (κ1) is 16.5. The van der Waals surface area contributed by atoms with Gasteiger partial charge in [0.25, 0.3) is 0 Å². The van der Waals surface area contributed by atoms with Crippen molar-refractivity contribution in [1.82, 2.24) is 5.32 Å². The number of benzene rings is 1. The second-order valence-electron chi connectivity index (χ2n) is 5.20. The minimum atomic E-state index is -0.968. The van der Waals surface area contributed by atoms with Crippen molar-refractivity contribution in [3.05, 3.63) is 34.3 Å². The van der Waals surface area contributed by atoms with E-state index in [0.29, 0.717) is 0 Å². The number of halogens is 2. The first-order valence-corrected chi connectivity index (χ1v) is 7.12. The van der Waals surface area contributed by atoms with E-state index in [1.165, 1.54) is 12.8 Å². The largest absolute Gasteiger partial charge is 0.354 e. The summed E-state index contributed by atoms with van der Waals surface area (Å²) in [5.74, 6) is 0.715. The Morgan fingerprint density at radius 3 is 2.53 bits per heavy atom. The van der Waals surface area contributed by atoms with Crippen molar-refractivity contribution in [2.45, 2.75) is 31.7 Å². The fourth-order valence-corrected chi connectivity index (χ4v) is 2.17. The molecule has 1 saturated carbocycles. The van der Waals surface area contributed by atoms with Gasteiger partial charge in [-0.1, -0.05) is 40.9 Å². The molecule has 19 heavy (non-hydrogen) atoms. The normalized spacial score (nSPS) is 17.2. The Morgan fingerprint density at radius 1 is 1.42 bits per heavy atom. The molecule has 0 spiro atoms. The maximum atomic E-state index is 12.1. The van der Waals surface area contributed by atoms with Crippen LogP contribution in [0.3, 0.4) is 0 Å². The molecule has 1 amide bonds. The molecule has 1 aliphatic carbocycles. The van der Waals surface area contributed by atoms with Gasteiger partial charge in [-0.3, -0.25) is 4.79 Å². The predicted molar refractivity (Wildman–Crippen MR) is 83.3 cm³/mol. The van der Waals surface area contributed by atoms with Crippen molar-refractivity contribution in [2.24, 2.45) is 11.7 Å². The number of rotatable bonds is 5. The highest BCUT2D eigenvalue weighted by atomic mass is 79.9. The number of nitrogens with two attached hydrogens (primary N) is 1. The average Bonchev–Trinajstić information content (AvgIpc) is 3.13. The van der Waals surface area contributed by atoms with Gasteiger partial charge in [-0.15, -0.1) is 12.4 Å². The summed E-state index contributed by atoms with van der Waals surface area (Å²) in [7, 11) is 0. The highest BCUT2D eigenvalue weighted by molar-refractivity contribution is 9.10. The van der Waals surface area contributed by atoms with Gasteiger partial charge < -0.3 is 11.1 Å². The third-order valence-corrected chi connectivity index (χ3v) is 3.98. The Morgan fingerprint density at radius 2 is 2.00 bits per heavy atom. The Bertz CT molecular complexity index is 430. The predicted octanol–water partition coefficient (Wildman–Crippen LogP) is 2.96. The van der Waals surface area contributed by atoms with Crippen LogP contribution in [-0.2, 0) is 10.3 Å². The molecule has 0 aromatic heterocycles. The quantitative estimate of drug-likeness (QED) is 0.860. The van der Waals surface area contributed by atoms with Crippen molar-refractivity contribution < 1.29 is 4.79 Å². The zero-order chi connectivity index (χ0) is 13.2. The first-order chi connectivity index (χ1) is 8.50. The van der Waals surface area contributed by atoms with Crippen LogP contribution in [0.15, 0.2) is 28.7 Å². The summed E-state index contributed by atoms with van der Waals surface area (Å²) >= 11 is 3.37. The molecular weight excluding hydrogens is 328 g/mol. The van der Waals surface area contributed by atoms with Crippen LogP contribution < -0.4 is 11.1 Å². The molecule has 3 nitrogen and oxygen atoms in total. The molecular formula is C14H20BrClN2O. The van der Waals surface area contributed by atoms with E-state index in [9.17, 15) is 4.79 Å². The molecule has 3 N–H and O–H groups in total. The molecule has 106 valence electrons. The SMILES string of the molecule is CC(N)(C(=O)NCCC1CC1)c1ccc(Br)cc1.Cl. The monoisotopic (exact) mass is 346 g/mol. The summed E-state index contributed by atoms with van der Waals surface area (Å²) in [6, 6.07) is 7.56. The van der Waals surface area contributed by atoms with Gasteiger partial charge in [-0.25, -0.2) is 0 Å².